The van der Waals surface area contributed by atoms with Gasteiger partial charge in [-0.1, -0.05) is 0 Å². The van der Waals surface area contributed by atoms with E-state index in [0.29, 0.717) is 51.2 Å². The third kappa shape index (κ3) is 20.4. The summed E-state index contributed by atoms with van der Waals surface area (Å²) >= 11 is 0. The Morgan fingerprint density at radius 2 is 1.02 bits per heavy atom. The number of halogens is 6. The second kappa shape index (κ2) is 17.8. The Bertz CT molecular complexity index is 911. The zero-order valence-corrected chi connectivity index (χ0v) is 26.6. The first kappa shape index (κ1) is 41.4. The van der Waals surface area contributed by atoms with Crippen LogP contribution in [0.15, 0.2) is 0 Å². The van der Waals surface area contributed by atoms with E-state index in [-0.39, 0.29) is 29.9 Å². The smallest absolute Gasteiger partial charge is 0.462 e. The summed E-state index contributed by atoms with van der Waals surface area (Å²) in [5, 5.41) is 1.99. The number of carbonyl (C=O) groups excluding carboxylic acids is 4. The number of nitrogens with one attached hydrogen (secondary N) is 1. The number of carbonyl (C=O) groups is 4. The second-order valence-electron chi connectivity index (χ2n) is 13.0. The summed E-state index contributed by atoms with van der Waals surface area (Å²) in [6, 6.07) is -0.117. The molecule has 2 aliphatic carbocycles. The molecule has 1 amide bonds. The van der Waals surface area contributed by atoms with Crippen molar-refractivity contribution in [1.82, 2.24) is 5.32 Å². The van der Waals surface area contributed by atoms with E-state index in [1.54, 1.807) is 20.8 Å². The summed E-state index contributed by atoms with van der Waals surface area (Å²) < 4.78 is 83.2. The van der Waals surface area contributed by atoms with E-state index in [0.717, 1.165) is 25.7 Å². The number of ether oxygens (including phenoxy) is 3. The molecular weight excluding hydrogens is 602 g/mol. The molecule has 0 spiro atoms. The first-order valence-electron chi connectivity index (χ1n) is 14.5. The first-order chi connectivity index (χ1) is 19.8. The van der Waals surface area contributed by atoms with Gasteiger partial charge >= 0.3 is 36.2 Å². The van der Waals surface area contributed by atoms with Crippen LogP contribution in [0.1, 0.15) is 106 Å². The normalized spacial score (nSPS) is 22.6. The lowest BCUT2D eigenvalue weighted by Crippen LogP contribution is -2.44. The molecule has 0 aromatic heterocycles. The van der Waals surface area contributed by atoms with Gasteiger partial charge in [-0.15, -0.1) is 0 Å². The highest BCUT2D eigenvalue weighted by Gasteiger charge is 2.41. The Hall–Kier alpha value is -2.58. The van der Waals surface area contributed by atoms with Crippen LogP contribution in [-0.2, 0) is 33.4 Å². The largest absolute Gasteiger partial charge is 0.490 e. The molecule has 2 fully saturated rings. The predicted octanol–water partition coefficient (Wildman–Crippen LogP) is 5.91. The maximum Gasteiger partial charge on any atom is 0.490 e. The third-order valence-electron chi connectivity index (χ3n) is 6.50. The molecule has 0 radical (unpaired) electrons. The summed E-state index contributed by atoms with van der Waals surface area (Å²) in [6.07, 6.45) is -2.49. The topological polar surface area (TPSA) is 134 Å². The Labute approximate surface area is 255 Å². The number of hydrogen-bond donors (Lipinski definition) is 2. The zero-order chi connectivity index (χ0) is 34.5. The van der Waals surface area contributed by atoms with Crippen molar-refractivity contribution in [3.63, 3.8) is 0 Å². The van der Waals surface area contributed by atoms with E-state index >= 15 is 0 Å². The van der Waals surface area contributed by atoms with Gasteiger partial charge in [-0.25, -0.2) is 4.79 Å². The number of alkyl halides is 6. The molecule has 9 nitrogen and oxygen atoms in total. The van der Waals surface area contributed by atoms with Crippen molar-refractivity contribution in [2.45, 2.75) is 141 Å². The maximum absolute atomic E-state index is 12.1. The molecule has 0 saturated heterocycles. The molecule has 0 aliphatic heterocycles. The van der Waals surface area contributed by atoms with Crippen molar-refractivity contribution in [1.29, 1.82) is 0 Å². The van der Waals surface area contributed by atoms with Crippen LogP contribution in [0.4, 0.5) is 26.3 Å². The van der Waals surface area contributed by atoms with Gasteiger partial charge in [-0.3, -0.25) is 14.4 Å². The average Bonchev–Trinajstić information content (AvgIpc) is 2.83. The van der Waals surface area contributed by atoms with Crippen molar-refractivity contribution in [3.8, 4) is 0 Å². The molecule has 258 valence electrons. The molecule has 0 aromatic carbocycles. The van der Waals surface area contributed by atoms with Crippen LogP contribution < -0.4 is 11.1 Å². The number of methoxy groups -OCH3 is 1. The number of hydrogen-bond acceptors (Lipinski definition) is 8. The van der Waals surface area contributed by atoms with E-state index in [4.69, 9.17) is 15.2 Å². The van der Waals surface area contributed by atoms with Gasteiger partial charge in [0.2, 0.25) is 0 Å². The van der Waals surface area contributed by atoms with E-state index < -0.39 is 35.9 Å². The molecule has 15 heteroatoms. The molecule has 0 aromatic rings. The van der Waals surface area contributed by atoms with Crippen LogP contribution in [0.3, 0.4) is 0 Å². The molecule has 2 saturated carbocycles. The fourth-order valence-electron chi connectivity index (χ4n) is 4.52. The minimum absolute atomic E-state index is 0.0667. The van der Waals surface area contributed by atoms with Crippen molar-refractivity contribution in [3.05, 3.63) is 0 Å². The van der Waals surface area contributed by atoms with Crippen molar-refractivity contribution >= 4 is 23.8 Å². The van der Waals surface area contributed by atoms with Crippen LogP contribution in [0.25, 0.3) is 0 Å². The summed E-state index contributed by atoms with van der Waals surface area (Å²) in [7, 11) is 0.676. The van der Waals surface area contributed by atoms with Gasteiger partial charge in [0.1, 0.15) is 11.2 Å². The standard InChI is InChI=1S/C14H22F3NO3.C12H23NO2.C3H3F3O2/c1-13(2,3)21-11(19)8-9-4-6-10(7-5-9)18-12(20)14(15,16)17;1-12(2,3)15-11(14)8-9-4-6-10(13)7-5-9;1-8-2(7)3(4,5)6/h9-10H,4-8H2,1-3H3,(H,18,20);9-10H,4-8,13H2,1-3H3;1H3. The number of nitrogens with two attached hydrogens (primary N) is 1. The van der Waals surface area contributed by atoms with Crippen molar-refractivity contribution < 1.29 is 59.7 Å². The monoisotopic (exact) mass is 650 g/mol. The molecule has 2 aliphatic rings. The lowest BCUT2D eigenvalue weighted by Gasteiger charge is -2.29. The summed E-state index contributed by atoms with van der Waals surface area (Å²) in [5.74, 6) is -3.82. The molecule has 0 heterocycles. The van der Waals surface area contributed by atoms with E-state index in [1.165, 1.54) is 0 Å². The Morgan fingerprint density at radius 3 is 1.30 bits per heavy atom. The minimum atomic E-state index is -4.85. The predicted molar refractivity (Wildman–Crippen MR) is 149 cm³/mol. The highest BCUT2D eigenvalue weighted by Crippen LogP contribution is 2.29. The van der Waals surface area contributed by atoms with Gasteiger partial charge in [0.15, 0.2) is 0 Å². The number of esters is 3. The summed E-state index contributed by atoms with van der Waals surface area (Å²) in [4.78, 5) is 43.6. The van der Waals surface area contributed by atoms with Gasteiger partial charge < -0.3 is 25.3 Å². The molecular formula is C29H48F6N2O7. The number of rotatable bonds is 5. The molecule has 2 rings (SSSR count). The van der Waals surface area contributed by atoms with Crippen molar-refractivity contribution in [2.75, 3.05) is 7.11 Å². The first-order valence-corrected chi connectivity index (χ1v) is 14.5. The van der Waals surface area contributed by atoms with Gasteiger partial charge in [-0.2, -0.15) is 26.3 Å². The highest BCUT2D eigenvalue weighted by atomic mass is 19.4. The van der Waals surface area contributed by atoms with E-state index in [1.807, 2.05) is 26.1 Å². The average molecular weight is 651 g/mol. The minimum Gasteiger partial charge on any atom is -0.462 e. The van der Waals surface area contributed by atoms with Crippen molar-refractivity contribution in [2.24, 2.45) is 17.6 Å². The van der Waals surface area contributed by atoms with Crippen LogP contribution in [0.2, 0.25) is 0 Å². The lowest BCUT2D eigenvalue weighted by molar-refractivity contribution is -0.196. The summed E-state index contributed by atoms with van der Waals surface area (Å²) in [6.45, 7) is 11.1. The Balaban J connectivity index is 0.000000699. The fourth-order valence-corrected chi connectivity index (χ4v) is 4.52. The quantitative estimate of drug-likeness (QED) is 0.213. The van der Waals surface area contributed by atoms with Gasteiger partial charge in [0.25, 0.3) is 0 Å². The molecule has 3 N–H and O–H groups in total. The molecule has 0 atom stereocenters. The fraction of sp³-hybridized carbons (Fsp3) is 0.862. The number of amides is 1. The molecule has 0 unspecified atom stereocenters. The highest BCUT2D eigenvalue weighted by molar-refractivity contribution is 5.82. The lowest BCUT2D eigenvalue weighted by atomic mass is 9.84. The zero-order valence-electron chi connectivity index (χ0n) is 26.6. The van der Waals surface area contributed by atoms with E-state index in [9.17, 15) is 45.5 Å². The van der Waals surface area contributed by atoms with Gasteiger partial charge in [-0.05, 0) is 105 Å². The summed E-state index contributed by atoms with van der Waals surface area (Å²) in [5.41, 5.74) is 4.92. The maximum atomic E-state index is 12.1. The third-order valence-corrected chi connectivity index (χ3v) is 6.50. The molecule has 44 heavy (non-hydrogen) atoms. The van der Waals surface area contributed by atoms with Gasteiger partial charge in [0.05, 0.1) is 7.11 Å². The SMILES string of the molecule is CC(C)(C)OC(=O)CC1CCC(N)CC1.CC(C)(C)OC(=O)CC1CCC(NC(=O)C(F)(F)F)CC1.COC(=O)C(F)(F)F. The van der Waals surface area contributed by atoms with E-state index in [2.05, 4.69) is 4.74 Å². The second-order valence-corrected chi connectivity index (χ2v) is 13.0. The van der Waals surface area contributed by atoms with Crippen LogP contribution >= 0.6 is 0 Å². The van der Waals surface area contributed by atoms with Gasteiger partial charge in [0, 0.05) is 24.9 Å². The van der Waals surface area contributed by atoms with Crippen LogP contribution in [0.5, 0.6) is 0 Å². The van der Waals surface area contributed by atoms with Crippen LogP contribution in [0, 0.1) is 11.8 Å². The molecule has 0 bridgehead atoms. The van der Waals surface area contributed by atoms with Crippen LogP contribution in [-0.4, -0.2) is 66.6 Å². The Morgan fingerprint density at radius 1 is 0.659 bits per heavy atom. The Kier molecular flexibility index (Phi) is 16.7.